The van der Waals surface area contributed by atoms with Crippen LogP contribution in [0.5, 0.6) is 11.5 Å². The van der Waals surface area contributed by atoms with E-state index < -0.39 is 0 Å². The standard InChI is InChI=1S/C24H23Cl2N5O3/c1-14(22-18(25)12-27-13-19(22)26)34-16-3-4-20-17(10-16)23(30-29-20)15-9-21(32-2)24(28-11-15)31-5-7-33-8-6-31/h3-4,9-14H,5-8H2,1-2H3,(H,29,30). The van der Waals surface area contributed by atoms with E-state index in [1.54, 1.807) is 19.5 Å². The Balaban J connectivity index is 1.46. The van der Waals surface area contributed by atoms with Gasteiger partial charge in [0.15, 0.2) is 11.6 Å². The molecule has 0 spiro atoms. The van der Waals surface area contributed by atoms with Crippen LogP contribution in [-0.4, -0.2) is 53.6 Å². The largest absolute Gasteiger partial charge is 0.493 e. The molecule has 1 saturated heterocycles. The van der Waals surface area contributed by atoms with Crippen LogP contribution < -0.4 is 14.4 Å². The molecular weight excluding hydrogens is 477 g/mol. The smallest absolute Gasteiger partial charge is 0.171 e. The Morgan fingerprint density at radius 3 is 2.59 bits per heavy atom. The fourth-order valence-electron chi connectivity index (χ4n) is 4.09. The number of benzene rings is 1. The number of H-pyrrole nitrogens is 1. The molecule has 0 saturated carbocycles. The number of aromatic nitrogens is 4. The number of nitrogens with one attached hydrogen (secondary N) is 1. The molecule has 1 aliphatic rings. The van der Waals surface area contributed by atoms with E-state index in [1.165, 1.54) is 0 Å². The summed E-state index contributed by atoms with van der Waals surface area (Å²) in [5, 5.41) is 9.44. The lowest BCUT2D eigenvalue weighted by molar-refractivity contribution is 0.122. The molecule has 0 bridgehead atoms. The van der Waals surface area contributed by atoms with Crippen molar-refractivity contribution in [1.82, 2.24) is 20.2 Å². The minimum atomic E-state index is -0.370. The average Bonchev–Trinajstić information content (AvgIpc) is 3.27. The van der Waals surface area contributed by atoms with E-state index in [0.29, 0.717) is 40.3 Å². The van der Waals surface area contributed by atoms with Gasteiger partial charge in [0.2, 0.25) is 0 Å². The summed E-state index contributed by atoms with van der Waals surface area (Å²) in [6.07, 6.45) is 4.56. The van der Waals surface area contributed by atoms with E-state index in [0.717, 1.165) is 41.1 Å². The van der Waals surface area contributed by atoms with E-state index in [2.05, 4.69) is 20.1 Å². The average molecular weight is 500 g/mol. The van der Waals surface area contributed by atoms with Crippen molar-refractivity contribution in [1.29, 1.82) is 0 Å². The van der Waals surface area contributed by atoms with Gasteiger partial charge in [0, 0.05) is 48.2 Å². The van der Waals surface area contributed by atoms with Crippen LogP contribution >= 0.6 is 23.2 Å². The minimum absolute atomic E-state index is 0.370. The number of anilines is 1. The number of methoxy groups -OCH3 is 1. The number of halogens is 2. The van der Waals surface area contributed by atoms with E-state index >= 15 is 0 Å². The van der Waals surface area contributed by atoms with Crippen LogP contribution in [0.2, 0.25) is 10.0 Å². The summed E-state index contributed by atoms with van der Waals surface area (Å²) in [5.41, 5.74) is 3.17. The zero-order valence-corrected chi connectivity index (χ0v) is 20.2. The molecule has 0 amide bonds. The number of nitrogens with zero attached hydrogens (tertiary/aromatic N) is 4. The Morgan fingerprint density at radius 2 is 1.85 bits per heavy atom. The van der Waals surface area contributed by atoms with Gasteiger partial charge in [-0.1, -0.05) is 23.2 Å². The van der Waals surface area contributed by atoms with Gasteiger partial charge in [0.25, 0.3) is 0 Å². The summed E-state index contributed by atoms with van der Waals surface area (Å²) in [4.78, 5) is 10.9. The van der Waals surface area contributed by atoms with Gasteiger partial charge in [0.1, 0.15) is 17.5 Å². The molecule has 1 unspecified atom stereocenters. The number of ether oxygens (including phenoxy) is 3. The van der Waals surface area contributed by atoms with Crippen LogP contribution in [0.3, 0.4) is 0 Å². The second-order valence-corrected chi connectivity index (χ2v) is 8.72. The first-order valence-corrected chi connectivity index (χ1v) is 11.6. The third kappa shape index (κ3) is 4.36. The molecule has 1 fully saturated rings. The van der Waals surface area contributed by atoms with Gasteiger partial charge in [-0.3, -0.25) is 10.1 Å². The molecular formula is C24H23Cl2N5O3. The van der Waals surface area contributed by atoms with Gasteiger partial charge in [0.05, 0.1) is 35.9 Å². The maximum absolute atomic E-state index is 6.30. The Hall–Kier alpha value is -3.07. The lowest BCUT2D eigenvalue weighted by atomic mass is 10.1. The summed E-state index contributed by atoms with van der Waals surface area (Å²) in [6.45, 7) is 4.80. The zero-order chi connectivity index (χ0) is 23.7. The van der Waals surface area contributed by atoms with Crippen LogP contribution in [0, 0.1) is 0 Å². The first-order valence-electron chi connectivity index (χ1n) is 10.9. The third-order valence-electron chi connectivity index (χ3n) is 5.78. The zero-order valence-electron chi connectivity index (χ0n) is 18.7. The number of aromatic amines is 1. The number of pyridine rings is 2. The van der Waals surface area contributed by atoms with Crippen LogP contribution in [0.25, 0.3) is 22.2 Å². The Bertz CT molecular complexity index is 1300. The van der Waals surface area contributed by atoms with Crippen LogP contribution in [0.4, 0.5) is 5.82 Å². The first kappa shape index (κ1) is 22.7. The van der Waals surface area contributed by atoms with Crippen molar-refractivity contribution in [3.8, 4) is 22.8 Å². The minimum Gasteiger partial charge on any atom is -0.493 e. The van der Waals surface area contributed by atoms with Gasteiger partial charge in [-0.2, -0.15) is 5.10 Å². The molecule has 34 heavy (non-hydrogen) atoms. The Morgan fingerprint density at radius 1 is 1.09 bits per heavy atom. The van der Waals surface area contributed by atoms with Gasteiger partial charge >= 0.3 is 0 Å². The van der Waals surface area contributed by atoms with E-state index in [-0.39, 0.29) is 6.10 Å². The predicted molar refractivity (Wildman–Crippen MR) is 132 cm³/mol. The van der Waals surface area contributed by atoms with Crippen molar-refractivity contribution >= 4 is 39.9 Å². The lowest BCUT2D eigenvalue weighted by Gasteiger charge is -2.29. The topological polar surface area (TPSA) is 85.4 Å². The predicted octanol–water partition coefficient (Wildman–Crippen LogP) is 5.31. The Kier molecular flexibility index (Phi) is 6.45. The second kappa shape index (κ2) is 9.66. The highest BCUT2D eigenvalue weighted by atomic mass is 35.5. The highest BCUT2D eigenvalue weighted by molar-refractivity contribution is 6.35. The van der Waals surface area contributed by atoms with Crippen LogP contribution in [-0.2, 0) is 4.74 Å². The summed E-state index contributed by atoms with van der Waals surface area (Å²) in [6, 6.07) is 7.71. The highest BCUT2D eigenvalue weighted by Crippen LogP contribution is 2.36. The summed E-state index contributed by atoms with van der Waals surface area (Å²) >= 11 is 12.6. The van der Waals surface area contributed by atoms with Gasteiger partial charge in [-0.25, -0.2) is 4.98 Å². The molecule has 4 heterocycles. The highest BCUT2D eigenvalue weighted by Gasteiger charge is 2.20. The molecule has 0 aliphatic carbocycles. The molecule has 176 valence electrons. The third-order valence-corrected chi connectivity index (χ3v) is 6.38. The molecule has 3 aromatic heterocycles. The van der Waals surface area contributed by atoms with Gasteiger partial charge in [-0.05, 0) is 31.2 Å². The SMILES string of the molecule is COc1cc(-c2n[nH]c3ccc(OC(C)c4c(Cl)cncc4Cl)cc23)cnc1N1CCOCC1. The fourth-order valence-corrected chi connectivity index (χ4v) is 4.76. The monoisotopic (exact) mass is 499 g/mol. The van der Waals surface area contributed by atoms with E-state index in [9.17, 15) is 0 Å². The number of rotatable bonds is 6. The molecule has 0 radical (unpaired) electrons. The quantitative estimate of drug-likeness (QED) is 0.384. The van der Waals surface area contributed by atoms with E-state index in [4.69, 9.17) is 42.4 Å². The lowest BCUT2D eigenvalue weighted by Crippen LogP contribution is -2.37. The van der Waals surface area contributed by atoms with Gasteiger partial charge < -0.3 is 19.1 Å². The van der Waals surface area contributed by atoms with Gasteiger partial charge in [-0.15, -0.1) is 0 Å². The summed E-state index contributed by atoms with van der Waals surface area (Å²) < 4.78 is 17.3. The van der Waals surface area contributed by atoms with Crippen molar-refractivity contribution in [3.05, 3.63) is 58.5 Å². The number of morpholine rings is 1. The van der Waals surface area contributed by atoms with Crippen molar-refractivity contribution in [2.45, 2.75) is 13.0 Å². The molecule has 4 aromatic rings. The molecule has 10 heteroatoms. The second-order valence-electron chi connectivity index (χ2n) is 7.91. The number of hydrogen-bond acceptors (Lipinski definition) is 7. The molecule has 1 aromatic carbocycles. The van der Waals surface area contributed by atoms with Crippen molar-refractivity contribution in [2.24, 2.45) is 0 Å². The molecule has 5 rings (SSSR count). The maximum atomic E-state index is 6.30. The number of hydrogen-bond donors (Lipinski definition) is 1. The molecule has 8 nitrogen and oxygen atoms in total. The maximum Gasteiger partial charge on any atom is 0.171 e. The van der Waals surface area contributed by atoms with Crippen molar-refractivity contribution in [2.75, 3.05) is 38.3 Å². The normalized spacial score (nSPS) is 14.9. The Labute approximate surface area is 206 Å². The molecule has 1 N–H and O–H groups in total. The van der Waals surface area contributed by atoms with Crippen LogP contribution in [0.15, 0.2) is 42.9 Å². The van der Waals surface area contributed by atoms with Crippen molar-refractivity contribution < 1.29 is 14.2 Å². The summed E-state index contributed by atoms with van der Waals surface area (Å²) in [5.74, 6) is 2.16. The van der Waals surface area contributed by atoms with Crippen LogP contribution in [0.1, 0.15) is 18.6 Å². The summed E-state index contributed by atoms with van der Waals surface area (Å²) in [7, 11) is 1.65. The number of fused-ring (bicyclic) bond motifs is 1. The van der Waals surface area contributed by atoms with E-state index in [1.807, 2.05) is 37.4 Å². The van der Waals surface area contributed by atoms with Crippen molar-refractivity contribution in [3.63, 3.8) is 0 Å². The molecule has 1 atom stereocenters. The fraction of sp³-hybridized carbons (Fsp3) is 0.292. The first-order chi connectivity index (χ1) is 16.5. The molecule has 1 aliphatic heterocycles.